The van der Waals surface area contributed by atoms with Crippen LogP contribution in [0.3, 0.4) is 0 Å². The Bertz CT molecular complexity index is 407. The molecule has 1 aromatic heterocycles. The summed E-state index contributed by atoms with van der Waals surface area (Å²) in [5.74, 6) is 1.14. The molecule has 1 aromatic rings. The van der Waals surface area contributed by atoms with Crippen molar-refractivity contribution in [3.8, 4) is 5.75 Å². The number of nitrogens with zero attached hydrogens (tertiary/aromatic N) is 3. The Morgan fingerprint density at radius 2 is 1.78 bits per heavy atom. The molecular weight excluding hydrogens is 258 g/mol. The van der Waals surface area contributed by atoms with Crippen LogP contribution in [0.4, 0.5) is 5.82 Å². The Labute approximate surface area is 111 Å². The molecule has 2 unspecified atom stereocenters. The second kappa shape index (κ2) is 5.69. The van der Waals surface area contributed by atoms with E-state index >= 15 is 0 Å². The second-order valence-electron chi connectivity index (χ2n) is 3.97. The molecule has 0 N–H and O–H groups in total. The van der Waals surface area contributed by atoms with Crippen molar-refractivity contribution in [3.05, 3.63) is 11.5 Å². The smallest absolute Gasteiger partial charge is 0.199 e. The lowest BCUT2D eigenvalue weighted by Gasteiger charge is -2.19. The first-order valence-electron chi connectivity index (χ1n) is 5.56. The van der Waals surface area contributed by atoms with Crippen LogP contribution < -0.4 is 9.64 Å². The molecule has 1 saturated heterocycles. The van der Waals surface area contributed by atoms with Crippen LogP contribution >= 0.6 is 11.6 Å². The van der Waals surface area contributed by atoms with Crippen LogP contribution in [0.25, 0.3) is 0 Å². The van der Waals surface area contributed by atoms with Gasteiger partial charge in [0.2, 0.25) is 0 Å². The minimum atomic E-state index is 0.00782. The molecule has 0 aliphatic carbocycles. The maximum Gasteiger partial charge on any atom is 0.199 e. The van der Waals surface area contributed by atoms with Gasteiger partial charge in [-0.1, -0.05) is 11.6 Å². The van der Waals surface area contributed by atoms with Crippen molar-refractivity contribution in [2.75, 3.05) is 39.3 Å². The fourth-order valence-electron chi connectivity index (χ4n) is 2.11. The molecule has 2 atom stereocenters. The van der Waals surface area contributed by atoms with Crippen LogP contribution in [-0.2, 0) is 9.47 Å². The summed E-state index contributed by atoms with van der Waals surface area (Å²) >= 11 is 5.98. The van der Waals surface area contributed by atoms with E-state index in [4.69, 9.17) is 25.8 Å². The quantitative estimate of drug-likeness (QED) is 0.763. The van der Waals surface area contributed by atoms with Crippen molar-refractivity contribution in [2.45, 2.75) is 12.2 Å². The first kappa shape index (κ1) is 13.3. The fraction of sp³-hybridized carbons (Fsp3) is 0.636. The largest absolute Gasteiger partial charge is 0.490 e. The van der Waals surface area contributed by atoms with Gasteiger partial charge < -0.3 is 19.1 Å². The van der Waals surface area contributed by atoms with Gasteiger partial charge >= 0.3 is 0 Å². The second-order valence-corrected chi connectivity index (χ2v) is 4.33. The summed E-state index contributed by atoms with van der Waals surface area (Å²) in [6.45, 7) is 1.36. The average molecular weight is 274 g/mol. The summed E-state index contributed by atoms with van der Waals surface area (Å²) in [6, 6.07) is 0. The number of rotatable bonds is 4. The maximum absolute atomic E-state index is 5.98. The van der Waals surface area contributed by atoms with Gasteiger partial charge in [-0.3, -0.25) is 0 Å². The number of anilines is 1. The molecular formula is C11H16ClN3O3. The first-order valence-corrected chi connectivity index (χ1v) is 5.94. The Morgan fingerprint density at radius 3 is 2.28 bits per heavy atom. The number of ether oxygens (including phenoxy) is 3. The fourth-order valence-corrected chi connectivity index (χ4v) is 2.32. The van der Waals surface area contributed by atoms with Gasteiger partial charge in [-0.05, 0) is 0 Å². The van der Waals surface area contributed by atoms with Crippen LogP contribution in [-0.4, -0.2) is 56.6 Å². The van der Waals surface area contributed by atoms with E-state index in [0.29, 0.717) is 29.8 Å². The van der Waals surface area contributed by atoms with E-state index in [1.165, 1.54) is 6.33 Å². The Balaban J connectivity index is 2.25. The molecule has 0 amide bonds. The molecule has 0 saturated carbocycles. The van der Waals surface area contributed by atoms with E-state index in [1.54, 1.807) is 21.3 Å². The molecule has 2 heterocycles. The normalized spacial score (nSPS) is 23.4. The van der Waals surface area contributed by atoms with Gasteiger partial charge in [0.1, 0.15) is 18.5 Å². The highest BCUT2D eigenvalue weighted by atomic mass is 35.5. The lowest BCUT2D eigenvalue weighted by Crippen LogP contribution is -2.27. The van der Waals surface area contributed by atoms with Crippen LogP contribution in [0.2, 0.25) is 5.15 Å². The van der Waals surface area contributed by atoms with Crippen molar-refractivity contribution in [3.63, 3.8) is 0 Å². The van der Waals surface area contributed by atoms with Gasteiger partial charge in [-0.2, -0.15) is 0 Å². The zero-order valence-corrected chi connectivity index (χ0v) is 11.3. The molecule has 100 valence electrons. The molecule has 6 nitrogen and oxygen atoms in total. The van der Waals surface area contributed by atoms with E-state index in [9.17, 15) is 0 Å². The zero-order valence-electron chi connectivity index (χ0n) is 10.6. The number of halogens is 1. The van der Waals surface area contributed by atoms with Crippen molar-refractivity contribution < 1.29 is 14.2 Å². The van der Waals surface area contributed by atoms with Crippen LogP contribution in [0.15, 0.2) is 6.33 Å². The third-order valence-corrected chi connectivity index (χ3v) is 3.34. The molecule has 0 bridgehead atoms. The topological polar surface area (TPSA) is 56.7 Å². The highest BCUT2D eigenvalue weighted by molar-refractivity contribution is 6.31. The Morgan fingerprint density at radius 1 is 1.17 bits per heavy atom. The van der Waals surface area contributed by atoms with Gasteiger partial charge in [-0.25, -0.2) is 9.97 Å². The third kappa shape index (κ3) is 2.36. The first-order chi connectivity index (χ1) is 8.71. The van der Waals surface area contributed by atoms with E-state index in [0.717, 1.165) is 0 Å². The Kier molecular flexibility index (Phi) is 4.21. The number of aromatic nitrogens is 2. The molecule has 1 aliphatic heterocycles. The summed E-state index contributed by atoms with van der Waals surface area (Å²) in [5, 5.41) is 0.303. The third-order valence-electron chi connectivity index (χ3n) is 3.07. The van der Waals surface area contributed by atoms with Crippen molar-refractivity contribution >= 4 is 17.4 Å². The highest BCUT2D eigenvalue weighted by Crippen LogP contribution is 2.33. The van der Waals surface area contributed by atoms with Crippen LogP contribution in [0, 0.1) is 0 Å². The molecule has 0 aromatic carbocycles. The van der Waals surface area contributed by atoms with Crippen LogP contribution in [0.5, 0.6) is 5.75 Å². The molecule has 0 radical (unpaired) electrons. The van der Waals surface area contributed by atoms with Crippen molar-refractivity contribution in [2.24, 2.45) is 0 Å². The molecule has 2 rings (SSSR count). The van der Waals surface area contributed by atoms with Crippen molar-refractivity contribution in [1.29, 1.82) is 0 Å². The maximum atomic E-state index is 5.98. The molecule has 7 heteroatoms. The highest BCUT2D eigenvalue weighted by Gasteiger charge is 2.35. The van der Waals surface area contributed by atoms with Gasteiger partial charge in [0.15, 0.2) is 16.7 Å². The monoisotopic (exact) mass is 273 g/mol. The summed E-state index contributed by atoms with van der Waals surface area (Å²) in [7, 11) is 4.89. The molecule has 18 heavy (non-hydrogen) atoms. The summed E-state index contributed by atoms with van der Waals surface area (Å²) < 4.78 is 16.0. The summed E-state index contributed by atoms with van der Waals surface area (Å²) in [6.07, 6.45) is 1.43. The lowest BCUT2D eigenvalue weighted by molar-refractivity contribution is -0.00461. The van der Waals surface area contributed by atoms with Crippen LogP contribution in [0.1, 0.15) is 0 Å². The predicted molar refractivity (Wildman–Crippen MR) is 67.4 cm³/mol. The molecule has 0 spiro atoms. The average Bonchev–Trinajstić information content (AvgIpc) is 2.81. The predicted octanol–water partition coefficient (Wildman–Crippen LogP) is 0.989. The molecule has 1 aliphatic rings. The van der Waals surface area contributed by atoms with E-state index in [-0.39, 0.29) is 12.2 Å². The number of hydrogen-bond donors (Lipinski definition) is 0. The number of methoxy groups -OCH3 is 3. The SMILES string of the molecule is COc1c(Cl)ncnc1N1CC(OC)C(OC)C1. The van der Waals surface area contributed by atoms with Gasteiger partial charge in [0.05, 0.1) is 7.11 Å². The minimum absolute atomic E-state index is 0.00782. The van der Waals surface area contributed by atoms with Gasteiger partial charge in [0, 0.05) is 27.3 Å². The summed E-state index contributed by atoms with van der Waals surface area (Å²) in [4.78, 5) is 10.1. The van der Waals surface area contributed by atoms with E-state index < -0.39 is 0 Å². The zero-order chi connectivity index (χ0) is 13.1. The van der Waals surface area contributed by atoms with E-state index in [1.807, 2.05) is 4.90 Å². The standard InChI is InChI=1S/C11H16ClN3O3/c1-16-7-4-15(5-8(7)17-2)11-9(18-3)10(12)13-6-14-11/h6-8H,4-5H2,1-3H3. The number of hydrogen-bond acceptors (Lipinski definition) is 6. The Hall–Kier alpha value is -1.11. The van der Waals surface area contributed by atoms with Gasteiger partial charge in [0.25, 0.3) is 0 Å². The summed E-state index contributed by atoms with van der Waals surface area (Å²) in [5.41, 5.74) is 0. The minimum Gasteiger partial charge on any atom is -0.490 e. The van der Waals surface area contributed by atoms with E-state index in [2.05, 4.69) is 9.97 Å². The molecule has 1 fully saturated rings. The lowest BCUT2D eigenvalue weighted by atomic mass is 10.3. The van der Waals surface area contributed by atoms with Gasteiger partial charge in [-0.15, -0.1) is 0 Å². The van der Waals surface area contributed by atoms with Crippen molar-refractivity contribution in [1.82, 2.24) is 9.97 Å².